The summed E-state index contributed by atoms with van der Waals surface area (Å²) in [6.45, 7) is 1.37. The highest BCUT2D eigenvalue weighted by Crippen LogP contribution is 2.30. The molecule has 2 unspecified atom stereocenters. The van der Waals surface area contributed by atoms with Crippen LogP contribution in [0.3, 0.4) is 0 Å². The Labute approximate surface area is 143 Å². The van der Waals surface area contributed by atoms with Crippen molar-refractivity contribution in [2.45, 2.75) is 31.3 Å². The van der Waals surface area contributed by atoms with Crippen molar-refractivity contribution in [1.82, 2.24) is 26.1 Å². The highest BCUT2D eigenvalue weighted by molar-refractivity contribution is 7.80. The lowest BCUT2D eigenvalue weighted by molar-refractivity contribution is -0.133. The Morgan fingerprint density at radius 3 is 2.56 bits per heavy atom. The van der Waals surface area contributed by atoms with Crippen molar-refractivity contribution in [2.75, 3.05) is 19.6 Å². The van der Waals surface area contributed by atoms with Gasteiger partial charge in [-0.15, -0.1) is 4.28 Å². The fraction of sp³-hybridized carbons (Fsp3) is 0.750. The average Bonchev–Trinajstić information content (AvgIpc) is 3.16. The summed E-state index contributed by atoms with van der Waals surface area (Å²) in [6, 6.07) is -2.26. The number of amides is 4. The molecule has 4 N–H and O–H groups in total. The first kappa shape index (κ1) is 17.8. The Kier molecular flexibility index (Phi) is 4.81. The number of nitrogens with zero attached hydrogens (tertiary/aromatic N) is 2. The summed E-state index contributed by atoms with van der Waals surface area (Å²) in [5, 5.41) is 3.60. The van der Waals surface area contributed by atoms with E-state index in [-0.39, 0.29) is 24.8 Å². The van der Waals surface area contributed by atoms with Gasteiger partial charge >= 0.3 is 16.4 Å². The molecule has 3 heterocycles. The lowest BCUT2D eigenvalue weighted by atomic mass is 10.0. The Hall–Kier alpha value is -1.96. The van der Waals surface area contributed by atoms with E-state index in [1.165, 1.54) is 0 Å². The maximum Gasteiger partial charge on any atom is 0.418 e. The van der Waals surface area contributed by atoms with Crippen molar-refractivity contribution in [3.63, 3.8) is 0 Å². The van der Waals surface area contributed by atoms with E-state index in [1.54, 1.807) is 0 Å². The molecular weight excluding hydrogens is 358 g/mol. The molecule has 2 bridgehead atoms. The number of carbonyl (C=O) groups excluding carboxylic acids is 3. The number of carbonyl (C=O) groups is 3. The molecule has 140 valence electrons. The summed E-state index contributed by atoms with van der Waals surface area (Å²) in [5.41, 5.74) is 4.66. The highest BCUT2D eigenvalue weighted by atomic mass is 32.3. The number of fused-ring (bicyclic) bond motifs is 2. The van der Waals surface area contributed by atoms with Crippen LogP contribution < -0.4 is 16.2 Å². The second kappa shape index (κ2) is 6.74. The van der Waals surface area contributed by atoms with Crippen LogP contribution in [0.15, 0.2) is 0 Å². The van der Waals surface area contributed by atoms with Gasteiger partial charge in [-0.2, -0.15) is 13.5 Å². The number of nitrogens with one attached hydrogen (secondary N) is 3. The van der Waals surface area contributed by atoms with Gasteiger partial charge in [-0.25, -0.2) is 4.79 Å². The van der Waals surface area contributed by atoms with E-state index in [0.29, 0.717) is 24.4 Å². The SMILES string of the molecule is O=C(NNC(=O)C1CC[C@@H]2CN1C(=O)N2OS(=O)(=O)O)C1CCNC1. The van der Waals surface area contributed by atoms with Crippen molar-refractivity contribution in [1.29, 1.82) is 0 Å². The molecule has 0 spiro atoms. The van der Waals surface area contributed by atoms with E-state index in [4.69, 9.17) is 4.55 Å². The van der Waals surface area contributed by atoms with Crippen LogP contribution in [0.2, 0.25) is 0 Å². The standard InChI is InChI=1S/C12H19N5O7S/c18-10(7-3-4-13-5-7)14-15-11(19)9-2-1-8-6-16(9)12(20)17(8)24-25(21,22)23/h7-9,13H,1-6H2,(H,14,18)(H,15,19)(H,21,22,23)/t7?,8-,9?/m1/s1. The first-order valence-electron chi connectivity index (χ1n) is 7.83. The van der Waals surface area contributed by atoms with Gasteiger partial charge in [-0.1, -0.05) is 0 Å². The first-order valence-corrected chi connectivity index (χ1v) is 9.20. The van der Waals surface area contributed by atoms with E-state index >= 15 is 0 Å². The molecule has 3 aliphatic rings. The molecule has 25 heavy (non-hydrogen) atoms. The maximum atomic E-state index is 12.3. The topological polar surface area (TPSA) is 157 Å². The fourth-order valence-electron chi connectivity index (χ4n) is 3.29. The zero-order chi connectivity index (χ0) is 18.2. The Morgan fingerprint density at radius 2 is 1.92 bits per heavy atom. The second-order valence-electron chi connectivity index (χ2n) is 6.18. The minimum atomic E-state index is -4.83. The van der Waals surface area contributed by atoms with Crippen molar-refractivity contribution < 1.29 is 31.6 Å². The van der Waals surface area contributed by atoms with Crippen LogP contribution in [-0.4, -0.2) is 72.5 Å². The molecule has 12 nitrogen and oxygen atoms in total. The van der Waals surface area contributed by atoms with Gasteiger partial charge in [0.05, 0.1) is 12.0 Å². The monoisotopic (exact) mass is 377 g/mol. The van der Waals surface area contributed by atoms with Gasteiger partial charge in [0, 0.05) is 13.1 Å². The van der Waals surface area contributed by atoms with Gasteiger partial charge in [0.1, 0.15) is 6.04 Å². The summed E-state index contributed by atoms with van der Waals surface area (Å²) in [5.74, 6) is -1.10. The van der Waals surface area contributed by atoms with Crippen molar-refractivity contribution in [3.05, 3.63) is 0 Å². The summed E-state index contributed by atoms with van der Waals surface area (Å²) in [7, 11) is -4.83. The van der Waals surface area contributed by atoms with Crippen molar-refractivity contribution >= 4 is 28.2 Å². The van der Waals surface area contributed by atoms with Crippen LogP contribution in [0.4, 0.5) is 4.79 Å². The van der Waals surface area contributed by atoms with Crippen molar-refractivity contribution in [2.24, 2.45) is 5.92 Å². The van der Waals surface area contributed by atoms with E-state index < -0.39 is 34.4 Å². The van der Waals surface area contributed by atoms with Crippen LogP contribution in [0.1, 0.15) is 19.3 Å². The Bertz CT molecular complexity index is 677. The summed E-state index contributed by atoms with van der Waals surface area (Å²) in [4.78, 5) is 37.5. The van der Waals surface area contributed by atoms with Gasteiger partial charge < -0.3 is 10.2 Å². The van der Waals surface area contributed by atoms with Crippen molar-refractivity contribution in [3.8, 4) is 0 Å². The molecule has 0 radical (unpaired) electrons. The van der Waals surface area contributed by atoms with Crippen LogP contribution in [0.5, 0.6) is 0 Å². The molecule has 0 saturated carbocycles. The third kappa shape index (κ3) is 3.84. The first-order chi connectivity index (χ1) is 11.8. The molecule has 3 saturated heterocycles. The third-order valence-corrected chi connectivity index (χ3v) is 4.89. The number of rotatable bonds is 4. The van der Waals surface area contributed by atoms with E-state index in [2.05, 4.69) is 20.5 Å². The van der Waals surface area contributed by atoms with Gasteiger partial charge in [-0.3, -0.25) is 25.0 Å². The number of hydrogen-bond donors (Lipinski definition) is 4. The molecule has 0 aliphatic carbocycles. The molecular formula is C12H19N5O7S. The molecule has 13 heteroatoms. The smallest absolute Gasteiger partial charge is 0.316 e. The highest BCUT2D eigenvalue weighted by Gasteiger charge is 2.49. The van der Waals surface area contributed by atoms with Crippen LogP contribution in [0, 0.1) is 5.92 Å². The fourth-order valence-corrected chi connectivity index (χ4v) is 3.68. The van der Waals surface area contributed by atoms with Gasteiger partial charge in [0.2, 0.25) is 5.91 Å². The van der Waals surface area contributed by atoms with E-state index in [1.807, 2.05) is 0 Å². The number of piperidine rings is 1. The molecule has 3 rings (SSSR count). The minimum Gasteiger partial charge on any atom is -0.316 e. The third-order valence-electron chi connectivity index (χ3n) is 4.54. The quantitative estimate of drug-likeness (QED) is 0.316. The van der Waals surface area contributed by atoms with Gasteiger partial charge in [0.25, 0.3) is 5.91 Å². The molecule has 3 aliphatic heterocycles. The summed E-state index contributed by atoms with van der Waals surface area (Å²) >= 11 is 0. The zero-order valence-corrected chi connectivity index (χ0v) is 14.0. The lowest BCUT2D eigenvalue weighted by Gasteiger charge is -2.29. The zero-order valence-electron chi connectivity index (χ0n) is 13.2. The van der Waals surface area contributed by atoms with Crippen LogP contribution in [0.25, 0.3) is 0 Å². The van der Waals surface area contributed by atoms with E-state index in [0.717, 1.165) is 11.4 Å². The Balaban J connectivity index is 1.57. The molecule has 0 aromatic rings. The maximum absolute atomic E-state index is 12.3. The molecule has 0 aromatic carbocycles. The molecule has 4 amide bonds. The van der Waals surface area contributed by atoms with Gasteiger partial charge in [-0.05, 0) is 25.8 Å². The summed E-state index contributed by atoms with van der Waals surface area (Å²) < 4.78 is 34.7. The lowest BCUT2D eigenvalue weighted by Crippen LogP contribution is -2.55. The predicted octanol–water partition coefficient (Wildman–Crippen LogP) is -2.25. The van der Waals surface area contributed by atoms with E-state index in [9.17, 15) is 22.8 Å². The predicted molar refractivity (Wildman–Crippen MR) is 80.6 cm³/mol. The number of hydroxylamine groups is 2. The largest absolute Gasteiger partial charge is 0.418 e. The average molecular weight is 377 g/mol. The second-order valence-corrected chi connectivity index (χ2v) is 7.18. The van der Waals surface area contributed by atoms with Gasteiger partial charge in [0.15, 0.2) is 0 Å². The number of hydrazine groups is 1. The number of hydrogen-bond acceptors (Lipinski definition) is 7. The molecule has 3 atom stereocenters. The normalized spacial score (nSPS) is 29.0. The summed E-state index contributed by atoms with van der Waals surface area (Å²) in [6.07, 6.45) is 1.27. The number of urea groups is 1. The molecule has 0 aromatic heterocycles. The van der Waals surface area contributed by atoms with Crippen LogP contribution >= 0.6 is 0 Å². The van der Waals surface area contributed by atoms with Crippen LogP contribution in [-0.2, 0) is 24.3 Å². The molecule has 3 fully saturated rings. The minimum absolute atomic E-state index is 0.0902. The Morgan fingerprint density at radius 1 is 1.20 bits per heavy atom.